The SMILES string of the molecule is O=C(Nc1ccccc1I)c1cc(O)ccc1O. The molecule has 0 fully saturated rings. The highest BCUT2D eigenvalue weighted by Crippen LogP contribution is 2.24. The normalized spacial score (nSPS) is 10.1. The Hall–Kier alpha value is -1.76. The molecule has 0 saturated heterocycles. The molecule has 0 atom stereocenters. The molecule has 2 aromatic rings. The van der Waals surface area contributed by atoms with Crippen molar-refractivity contribution in [2.24, 2.45) is 0 Å². The first-order valence-corrected chi connectivity index (χ1v) is 6.23. The lowest BCUT2D eigenvalue weighted by Gasteiger charge is -2.08. The molecule has 5 heteroatoms. The van der Waals surface area contributed by atoms with Crippen LogP contribution in [-0.2, 0) is 0 Å². The number of carbonyl (C=O) groups excluding carboxylic acids is 1. The lowest BCUT2D eigenvalue weighted by molar-refractivity contribution is 0.102. The number of nitrogens with one attached hydrogen (secondary N) is 1. The van der Waals surface area contributed by atoms with Crippen LogP contribution in [0.4, 0.5) is 5.69 Å². The maximum absolute atomic E-state index is 12.0. The topological polar surface area (TPSA) is 69.6 Å². The summed E-state index contributed by atoms with van der Waals surface area (Å²) in [7, 11) is 0. The summed E-state index contributed by atoms with van der Waals surface area (Å²) >= 11 is 2.10. The number of phenolic OH excluding ortho intramolecular Hbond substituents is 2. The van der Waals surface area contributed by atoms with E-state index in [1.807, 2.05) is 12.1 Å². The van der Waals surface area contributed by atoms with Crippen LogP contribution >= 0.6 is 22.6 Å². The third-order valence-corrected chi connectivity index (χ3v) is 3.29. The smallest absolute Gasteiger partial charge is 0.259 e. The molecule has 0 aliphatic carbocycles. The number of benzene rings is 2. The molecule has 0 heterocycles. The van der Waals surface area contributed by atoms with Crippen molar-refractivity contribution in [3.63, 3.8) is 0 Å². The quantitative estimate of drug-likeness (QED) is 0.573. The molecule has 0 spiro atoms. The summed E-state index contributed by atoms with van der Waals surface area (Å²) < 4.78 is 0.892. The van der Waals surface area contributed by atoms with E-state index in [0.29, 0.717) is 5.69 Å². The lowest BCUT2D eigenvalue weighted by Crippen LogP contribution is -2.12. The summed E-state index contributed by atoms with van der Waals surface area (Å²) in [6, 6.07) is 11.1. The molecule has 0 aliphatic rings. The number of halogens is 1. The number of anilines is 1. The average molecular weight is 355 g/mol. The van der Waals surface area contributed by atoms with Gasteiger partial charge in [0.15, 0.2) is 0 Å². The minimum atomic E-state index is -0.465. The number of amides is 1. The van der Waals surface area contributed by atoms with Gasteiger partial charge in [-0.25, -0.2) is 0 Å². The van der Waals surface area contributed by atoms with E-state index >= 15 is 0 Å². The van der Waals surface area contributed by atoms with E-state index in [1.54, 1.807) is 12.1 Å². The van der Waals surface area contributed by atoms with Crippen molar-refractivity contribution in [1.82, 2.24) is 0 Å². The van der Waals surface area contributed by atoms with Crippen LogP contribution in [0.15, 0.2) is 42.5 Å². The highest BCUT2D eigenvalue weighted by Gasteiger charge is 2.13. The highest BCUT2D eigenvalue weighted by atomic mass is 127. The van der Waals surface area contributed by atoms with E-state index < -0.39 is 5.91 Å². The van der Waals surface area contributed by atoms with Crippen LogP contribution < -0.4 is 5.32 Å². The van der Waals surface area contributed by atoms with E-state index in [0.717, 1.165) is 3.57 Å². The Labute approximate surface area is 117 Å². The van der Waals surface area contributed by atoms with E-state index in [1.165, 1.54) is 18.2 Å². The van der Waals surface area contributed by atoms with Gasteiger partial charge in [-0.3, -0.25) is 4.79 Å². The average Bonchev–Trinajstić information content (AvgIpc) is 2.35. The zero-order valence-corrected chi connectivity index (χ0v) is 11.4. The Morgan fingerprint density at radius 2 is 1.83 bits per heavy atom. The lowest BCUT2D eigenvalue weighted by atomic mass is 10.1. The van der Waals surface area contributed by atoms with Crippen LogP contribution in [0.25, 0.3) is 0 Å². The summed E-state index contributed by atoms with van der Waals surface area (Å²) in [5.74, 6) is -0.704. The molecule has 92 valence electrons. The van der Waals surface area contributed by atoms with Crippen molar-refractivity contribution in [3.8, 4) is 11.5 Å². The van der Waals surface area contributed by atoms with Crippen LogP contribution in [0.3, 0.4) is 0 Å². The molecule has 18 heavy (non-hydrogen) atoms. The Kier molecular flexibility index (Phi) is 3.71. The summed E-state index contributed by atoms with van der Waals surface area (Å²) in [5, 5.41) is 21.6. The first-order chi connectivity index (χ1) is 8.58. The molecular formula is C13H10INO3. The standard InChI is InChI=1S/C13H10INO3/c14-10-3-1-2-4-11(10)15-13(18)9-7-8(16)5-6-12(9)17/h1-7,16-17H,(H,15,18). The molecule has 0 radical (unpaired) electrons. The second kappa shape index (κ2) is 5.26. The minimum Gasteiger partial charge on any atom is -0.508 e. The monoisotopic (exact) mass is 355 g/mol. The molecule has 0 unspecified atom stereocenters. The minimum absolute atomic E-state index is 0.0367. The third-order valence-electron chi connectivity index (χ3n) is 2.35. The van der Waals surface area contributed by atoms with Gasteiger partial charge in [-0.2, -0.15) is 0 Å². The summed E-state index contributed by atoms with van der Waals surface area (Å²) in [6.45, 7) is 0. The fraction of sp³-hybridized carbons (Fsp3) is 0. The van der Waals surface area contributed by atoms with Gasteiger partial charge < -0.3 is 15.5 Å². The third kappa shape index (κ3) is 2.73. The van der Waals surface area contributed by atoms with Gasteiger partial charge in [0.1, 0.15) is 11.5 Å². The summed E-state index contributed by atoms with van der Waals surface area (Å²) in [5.41, 5.74) is 0.695. The van der Waals surface area contributed by atoms with Gasteiger partial charge in [0, 0.05) is 3.57 Å². The molecule has 1 amide bonds. The van der Waals surface area contributed by atoms with Gasteiger partial charge in [0.2, 0.25) is 0 Å². The first kappa shape index (κ1) is 12.7. The number of phenols is 2. The van der Waals surface area contributed by atoms with Crippen molar-refractivity contribution in [2.45, 2.75) is 0 Å². The van der Waals surface area contributed by atoms with Crippen LogP contribution in [0.1, 0.15) is 10.4 Å². The van der Waals surface area contributed by atoms with Crippen LogP contribution in [0.5, 0.6) is 11.5 Å². The van der Waals surface area contributed by atoms with Crippen molar-refractivity contribution >= 4 is 34.2 Å². The van der Waals surface area contributed by atoms with Crippen LogP contribution in [-0.4, -0.2) is 16.1 Å². The predicted molar refractivity (Wildman–Crippen MR) is 76.9 cm³/mol. The maximum Gasteiger partial charge on any atom is 0.259 e. The second-order valence-electron chi connectivity index (χ2n) is 3.64. The van der Waals surface area contributed by atoms with Gasteiger partial charge >= 0.3 is 0 Å². The Morgan fingerprint density at radius 1 is 1.11 bits per heavy atom. The van der Waals surface area contributed by atoms with E-state index in [9.17, 15) is 15.0 Å². The van der Waals surface area contributed by atoms with Gasteiger partial charge in [-0.1, -0.05) is 12.1 Å². The predicted octanol–water partition coefficient (Wildman–Crippen LogP) is 2.95. The number of hydrogen-bond donors (Lipinski definition) is 3. The zero-order valence-electron chi connectivity index (χ0n) is 9.22. The van der Waals surface area contributed by atoms with Crippen molar-refractivity contribution in [1.29, 1.82) is 0 Å². The van der Waals surface area contributed by atoms with Crippen molar-refractivity contribution in [2.75, 3.05) is 5.32 Å². The summed E-state index contributed by atoms with van der Waals surface area (Å²) in [4.78, 5) is 12.0. The summed E-state index contributed by atoms with van der Waals surface area (Å²) in [6.07, 6.45) is 0. The Balaban J connectivity index is 2.28. The molecule has 0 bridgehead atoms. The van der Waals surface area contributed by atoms with E-state index in [-0.39, 0.29) is 17.1 Å². The fourth-order valence-electron chi connectivity index (χ4n) is 1.46. The van der Waals surface area contributed by atoms with Gasteiger partial charge in [-0.05, 0) is 52.9 Å². The Morgan fingerprint density at radius 3 is 2.56 bits per heavy atom. The molecule has 2 aromatic carbocycles. The van der Waals surface area contributed by atoms with Gasteiger partial charge in [-0.15, -0.1) is 0 Å². The molecular weight excluding hydrogens is 345 g/mol. The van der Waals surface area contributed by atoms with Crippen molar-refractivity contribution < 1.29 is 15.0 Å². The highest BCUT2D eigenvalue weighted by molar-refractivity contribution is 14.1. The fourth-order valence-corrected chi connectivity index (χ4v) is 1.98. The molecule has 0 aromatic heterocycles. The molecule has 2 rings (SSSR count). The number of aromatic hydroxyl groups is 2. The number of para-hydroxylation sites is 1. The van der Waals surface area contributed by atoms with Crippen LogP contribution in [0, 0.1) is 3.57 Å². The molecule has 4 nitrogen and oxygen atoms in total. The zero-order chi connectivity index (χ0) is 13.1. The van der Waals surface area contributed by atoms with Crippen LogP contribution in [0.2, 0.25) is 0 Å². The van der Waals surface area contributed by atoms with E-state index in [2.05, 4.69) is 27.9 Å². The maximum atomic E-state index is 12.0. The second-order valence-corrected chi connectivity index (χ2v) is 4.80. The first-order valence-electron chi connectivity index (χ1n) is 5.16. The number of carbonyl (C=O) groups is 1. The Bertz CT molecular complexity index is 599. The van der Waals surface area contributed by atoms with Gasteiger partial charge in [0.05, 0.1) is 11.3 Å². The van der Waals surface area contributed by atoms with E-state index in [4.69, 9.17) is 0 Å². The molecule has 0 aliphatic heterocycles. The largest absolute Gasteiger partial charge is 0.508 e. The van der Waals surface area contributed by atoms with Gasteiger partial charge in [0.25, 0.3) is 5.91 Å². The van der Waals surface area contributed by atoms with Crippen molar-refractivity contribution in [3.05, 3.63) is 51.6 Å². The number of hydrogen-bond acceptors (Lipinski definition) is 3. The number of rotatable bonds is 2. The molecule has 0 saturated carbocycles. The molecule has 3 N–H and O–H groups in total.